The smallest absolute Gasteiger partial charge is 0.136 e. The largest absolute Gasteiger partial charge is 0.456 e. The lowest BCUT2D eigenvalue weighted by atomic mass is 9.99. The van der Waals surface area contributed by atoms with E-state index in [4.69, 9.17) is 4.42 Å². The topological polar surface area (TPSA) is 21.3 Å². The van der Waals surface area contributed by atoms with Crippen molar-refractivity contribution in [3.63, 3.8) is 0 Å². The molecule has 0 aliphatic carbocycles. The van der Waals surface area contributed by atoms with Crippen molar-refractivity contribution in [3.8, 4) is 50.2 Å². The molecule has 2 aromatic heterocycles. The molecular formula is C64H42N2O. The Balaban J connectivity index is 0.836. The molecule has 0 spiro atoms. The maximum absolute atomic E-state index is 6.31. The van der Waals surface area contributed by atoms with E-state index in [1.54, 1.807) is 0 Å². The van der Waals surface area contributed by atoms with Gasteiger partial charge < -0.3 is 13.9 Å². The third-order valence-electron chi connectivity index (χ3n) is 13.4. The quantitative estimate of drug-likeness (QED) is 0.152. The fourth-order valence-corrected chi connectivity index (χ4v) is 10.0. The Morgan fingerprint density at radius 3 is 1.43 bits per heavy atom. The van der Waals surface area contributed by atoms with Crippen molar-refractivity contribution < 1.29 is 4.42 Å². The summed E-state index contributed by atoms with van der Waals surface area (Å²) in [5.74, 6) is 0. The van der Waals surface area contributed by atoms with Gasteiger partial charge in [0.1, 0.15) is 11.2 Å². The van der Waals surface area contributed by atoms with Gasteiger partial charge in [0.05, 0.1) is 11.0 Å². The fourth-order valence-electron chi connectivity index (χ4n) is 10.0. The van der Waals surface area contributed by atoms with Gasteiger partial charge in [-0.15, -0.1) is 0 Å². The minimum Gasteiger partial charge on any atom is -0.456 e. The number of furan rings is 1. The maximum atomic E-state index is 6.31. The van der Waals surface area contributed by atoms with Gasteiger partial charge in [-0.3, -0.25) is 0 Å². The molecule has 0 saturated heterocycles. The van der Waals surface area contributed by atoms with Gasteiger partial charge in [0.25, 0.3) is 0 Å². The van der Waals surface area contributed by atoms with Gasteiger partial charge in [-0.05, 0) is 140 Å². The zero-order valence-corrected chi connectivity index (χ0v) is 36.6. The summed E-state index contributed by atoms with van der Waals surface area (Å²) in [5.41, 5.74) is 17.9. The van der Waals surface area contributed by atoms with Gasteiger partial charge in [0.2, 0.25) is 0 Å². The van der Waals surface area contributed by atoms with E-state index >= 15 is 0 Å². The number of aromatic nitrogens is 1. The molecule has 0 amide bonds. The van der Waals surface area contributed by atoms with Crippen molar-refractivity contribution in [2.24, 2.45) is 0 Å². The Morgan fingerprint density at radius 2 is 0.746 bits per heavy atom. The molecule has 0 atom stereocenters. The summed E-state index contributed by atoms with van der Waals surface area (Å²) in [5, 5.41) is 7.28. The van der Waals surface area contributed by atoms with E-state index in [-0.39, 0.29) is 0 Å². The Hall–Kier alpha value is -8.92. The molecule has 0 radical (unpaired) electrons. The molecule has 11 aromatic carbocycles. The first-order valence-electron chi connectivity index (χ1n) is 22.9. The minimum atomic E-state index is 0.891. The molecule has 0 fully saturated rings. The molecule has 0 aliphatic heterocycles. The summed E-state index contributed by atoms with van der Waals surface area (Å²) in [6, 6.07) is 91.9. The zero-order valence-electron chi connectivity index (χ0n) is 36.6. The zero-order chi connectivity index (χ0) is 44.3. The van der Waals surface area contributed by atoms with Crippen LogP contribution in [0, 0.1) is 0 Å². The summed E-state index contributed by atoms with van der Waals surface area (Å²) in [7, 11) is 0. The van der Waals surface area contributed by atoms with Gasteiger partial charge in [0.15, 0.2) is 0 Å². The molecule has 13 aromatic rings. The Kier molecular flexibility index (Phi) is 9.17. The van der Waals surface area contributed by atoms with Crippen molar-refractivity contribution in [1.29, 1.82) is 0 Å². The van der Waals surface area contributed by atoms with E-state index in [2.05, 4.69) is 252 Å². The summed E-state index contributed by atoms with van der Waals surface area (Å²) < 4.78 is 8.69. The van der Waals surface area contributed by atoms with Crippen LogP contribution in [0.15, 0.2) is 259 Å². The first-order chi connectivity index (χ1) is 33.2. The number of nitrogens with zero attached hydrogens (tertiary/aromatic N) is 2. The highest BCUT2D eigenvalue weighted by Crippen LogP contribution is 2.40. The molecule has 0 saturated carbocycles. The van der Waals surface area contributed by atoms with Crippen LogP contribution in [0.1, 0.15) is 0 Å². The van der Waals surface area contributed by atoms with Crippen LogP contribution >= 0.6 is 0 Å². The molecule has 314 valence electrons. The third-order valence-corrected chi connectivity index (χ3v) is 13.4. The molecule has 0 bridgehead atoms. The molecule has 3 heteroatoms. The van der Waals surface area contributed by atoms with Crippen LogP contribution in [-0.4, -0.2) is 4.57 Å². The average molecular weight is 855 g/mol. The SMILES string of the molecule is c1cc(-c2ccc3c(c2)oc2ccccc23)cc(N(c2ccc(-c3ccc(-c4cccc(-n5c6ccccc6c6ccccc65)c4)cc3)cc2)c2ccc(-c3ccc4ccccc4c3)cc2)c1. The molecular weight excluding hydrogens is 813 g/mol. The lowest BCUT2D eigenvalue weighted by molar-refractivity contribution is 0.669. The summed E-state index contributed by atoms with van der Waals surface area (Å²) in [6.45, 7) is 0. The van der Waals surface area contributed by atoms with Crippen LogP contribution in [0.4, 0.5) is 17.1 Å². The molecule has 0 aliphatic rings. The standard InChI is InChI=1S/C64H42N2O/c1-2-12-48-39-51(28-27-43(48)11-1)47-31-36-54(37-32-47)65(55-15-10-14-50(41-55)52-33-38-60-59-19-5-8-22-63(59)67-64(60)42-52)53-34-29-45(30-35-53)44-23-25-46(26-24-44)49-13-9-16-56(40-49)66-61-20-6-3-17-57(61)58-18-4-7-21-62(58)66/h1-42H. The van der Waals surface area contributed by atoms with E-state index in [0.29, 0.717) is 0 Å². The second kappa shape index (κ2) is 16.0. The second-order valence-corrected chi connectivity index (χ2v) is 17.3. The first kappa shape index (κ1) is 38.5. The van der Waals surface area contributed by atoms with Gasteiger partial charge in [-0.25, -0.2) is 0 Å². The summed E-state index contributed by atoms with van der Waals surface area (Å²) in [4.78, 5) is 2.35. The predicted molar refractivity (Wildman–Crippen MR) is 282 cm³/mol. The Bertz CT molecular complexity index is 3920. The van der Waals surface area contributed by atoms with E-state index in [0.717, 1.165) is 61.4 Å². The average Bonchev–Trinajstić information content (AvgIpc) is 3.95. The fraction of sp³-hybridized carbons (Fsp3) is 0. The highest BCUT2D eigenvalue weighted by atomic mass is 16.3. The maximum Gasteiger partial charge on any atom is 0.136 e. The summed E-state index contributed by atoms with van der Waals surface area (Å²) in [6.07, 6.45) is 0. The van der Waals surface area contributed by atoms with Crippen LogP contribution in [0.5, 0.6) is 0 Å². The number of benzene rings is 11. The molecule has 3 nitrogen and oxygen atoms in total. The second-order valence-electron chi connectivity index (χ2n) is 17.3. The van der Waals surface area contributed by atoms with Crippen molar-refractivity contribution in [2.75, 3.05) is 4.90 Å². The highest BCUT2D eigenvalue weighted by molar-refractivity contribution is 6.09. The highest BCUT2D eigenvalue weighted by Gasteiger charge is 2.17. The van der Waals surface area contributed by atoms with Gasteiger partial charge in [0, 0.05) is 44.3 Å². The van der Waals surface area contributed by atoms with E-state index in [1.165, 1.54) is 60.4 Å². The predicted octanol–water partition coefficient (Wildman–Crippen LogP) is 18.0. The van der Waals surface area contributed by atoms with E-state index in [9.17, 15) is 0 Å². The molecule has 67 heavy (non-hydrogen) atoms. The van der Waals surface area contributed by atoms with Gasteiger partial charge in [-0.1, -0.05) is 170 Å². The summed E-state index contributed by atoms with van der Waals surface area (Å²) >= 11 is 0. The normalized spacial score (nSPS) is 11.6. The number of fused-ring (bicyclic) bond motifs is 7. The molecule has 2 heterocycles. The van der Waals surface area contributed by atoms with Crippen molar-refractivity contribution in [2.45, 2.75) is 0 Å². The van der Waals surface area contributed by atoms with Crippen LogP contribution < -0.4 is 4.90 Å². The Morgan fingerprint density at radius 1 is 0.269 bits per heavy atom. The first-order valence-corrected chi connectivity index (χ1v) is 22.9. The number of anilines is 3. The van der Waals surface area contributed by atoms with Crippen LogP contribution in [0.3, 0.4) is 0 Å². The van der Waals surface area contributed by atoms with E-state index < -0.39 is 0 Å². The lowest BCUT2D eigenvalue weighted by Crippen LogP contribution is -2.10. The Labute approximate surface area is 388 Å². The molecule has 0 N–H and O–H groups in total. The van der Waals surface area contributed by atoms with Gasteiger partial charge >= 0.3 is 0 Å². The van der Waals surface area contributed by atoms with Crippen LogP contribution in [0.25, 0.3) is 105 Å². The monoisotopic (exact) mass is 854 g/mol. The van der Waals surface area contributed by atoms with E-state index in [1.807, 2.05) is 12.1 Å². The molecule has 0 unspecified atom stereocenters. The van der Waals surface area contributed by atoms with Crippen LogP contribution in [-0.2, 0) is 0 Å². The molecule has 13 rings (SSSR count). The van der Waals surface area contributed by atoms with Crippen LogP contribution in [0.2, 0.25) is 0 Å². The van der Waals surface area contributed by atoms with Gasteiger partial charge in [-0.2, -0.15) is 0 Å². The van der Waals surface area contributed by atoms with Crippen molar-refractivity contribution >= 4 is 71.6 Å². The van der Waals surface area contributed by atoms with Crippen molar-refractivity contribution in [3.05, 3.63) is 255 Å². The lowest BCUT2D eigenvalue weighted by Gasteiger charge is -2.26. The number of hydrogen-bond donors (Lipinski definition) is 0. The number of rotatable bonds is 8. The third kappa shape index (κ3) is 6.84. The van der Waals surface area contributed by atoms with Crippen molar-refractivity contribution in [1.82, 2.24) is 4.57 Å². The minimum absolute atomic E-state index is 0.891. The number of hydrogen-bond acceptors (Lipinski definition) is 2. The number of para-hydroxylation sites is 3.